The molecule has 1 aliphatic rings. The molecule has 3 nitrogen and oxygen atoms in total. The third kappa shape index (κ3) is 6.60. The van der Waals surface area contributed by atoms with Crippen LogP contribution in [-0.2, 0) is 14.3 Å². The molecule has 1 saturated heterocycles. The summed E-state index contributed by atoms with van der Waals surface area (Å²) in [6, 6.07) is 0. The van der Waals surface area contributed by atoms with Crippen molar-refractivity contribution in [2.45, 2.75) is 19.6 Å². The molecule has 0 atom stereocenters. The van der Waals surface area contributed by atoms with E-state index in [0.717, 1.165) is 18.5 Å². The molecule has 0 radical (unpaired) electrons. The van der Waals surface area contributed by atoms with E-state index in [1.165, 1.54) is 6.92 Å². The van der Waals surface area contributed by atoms with Crippen LogP contribution in [-0.4, -0.2) is 35.4 Å². The normalized spacial score (nSPS) is 19.1. The van der Waals surface area contributed by atoms with Crippen molar-refractivity contribution < 1.29 is 14.3 Å². The number of carbonyl (C=O) groups excluding carboxylic acids is 1. The Morgan fingerprint density at radius 3 is 1.92 bits per heavy atom. The van der Waals surface area contributed by atoms with Gasteiger partial charge in [-0.05, 0) is 13.8 Å². The highest BCUT2D eigenvalue weighted by atomic mass is 79.9. The highest BCUT2D eigenvalue weighted by Crippen LogP contribution is 2.19. The molecular weight excluding hydrogens is 304 g/mol. The fourth-order valence-corrected chi connectivity index (χ4v) is 0.958. The standard InChI is InChI=1S/C5H9BrO2.C3H5BrO/c1-5(4-6)7-2-3-8-5;1-3(5)2-4/h2-4H2,1H3;2H2,1H3. The van der Waals surface area contributed by atoms with Crippen molar-refractivity contribution in [1.82, 2.24) is 0 Å². The number of halogens is 2. The number of rotatable bonds is 2. The van der Waals surface area contributed by atoms with Crippen LogP contribution in [0.1, 0.15) is 13.8 Å². The quantitative estimate of drug-likeness (QED) is 0.732. The van der Waals surface area contributed by atoms with E-state index in [1.807, 2.05) is 6.92 Å². The summed E-state index contributed by atoms with van der Waals surface area (Å²) in [5.74, 6) is -0.176. The first kappa shape index (κ1) is 13.5. The van der Waals surface area contributed by atoms with Crippen molar-refractivity contribution in [3.05, 3.63) is 0 Å². The van der Waals surface area contributed by atoms with E-state index < -0.39 is 0 Å². The summed E-state index contributed by atoms with van der Waals surface area (Å²) in [6.45, 7) is 4.91. The second-order valence-electron chi connectivity index (χ2n) is 2.80. The Morgan fingerprint density at radius 1 is 1.38 bits per heavy atom. The molecule has 1 rings (SSSR count). The summed E-state index contributed by atoms with van der Waals surface area (Å²) < 4.78 is 10.4. The van der Waals surface area contributed by atoms with Gasteiger partial charge < -0.3 is 9.47 Å². The highest BCUT2D eigenvalue weighted by molar-refractivity contribution is 9.09. The van der Waals surface area contributed by atoms with Crippen LogP contribution >= 0.6 is 31.9 Å². The monoisotopic (exact) mass is 316 g/mol. The van der Waals surface area contributed by atoms with Crippen LogP contribution in [0.3, 0.4) is 0 Å². The summed E-state index contributed by atoms with van der Waals surface area (Å²) in [5, 5.41) is 1.23. The Kier molecular flexibility index (Phi) is 7.22. The van der Waals surface area contributed by atoms with Crippen molar-refractivity contribution in [2.75, 3.05) is 23.9 Å². The summed E-state index contributed by atoms with van der Waals surface area (Å²) in [4.78, 5) is 9.77. The number of alkyl halides is 2. The van der Waals surface area contributed by atoms with Crippen molar-refractivity contribution in [3.8, 4) is 0 Å². The van der Waals surface area contributed by atoms with Crippen LogP contribution in [0, 0.1) is 0 Å². The SMILES string of the molecule is CC(=O)CBr.CC1(CBr)OCCO1. The molecule has 0 bridgehead atoms. The first-order valence-corrected chi connectivity index (χ1v) is 6.17. The topological polar surface area (TPSA) is 35.5 Å². The number of Topliss-reactive ketones (excluding diaryl/α,β-unsaturated/α-hetero) is 1. The van der Waals surface area contributed by atoms with E-state index in [0.29, 0.717) is 5.33 Å². The maximum atomic E-state index is 9.77. The predicted octanol–water partition coefficient (Wildman–Crippen LogP) is 2.11. The van der Waals surface area contributed by atoms with Gasteiger partial charge in [0.2, 0.25) is 0 Å². The van der Waals surface area contributed by atoms with E-state index in [9.17, 15) is 4.79 Å². The molecule has 0 aromatic rings. The molecule has 0 aliphatic carbocycles. The van der Waals surface area contributed by atoms with Crippen LogP contribution < -0.4 is 0 Å². The lowest BCUT2D eigenvalue weighted by Gasteiger charge is -2.17. The second kappa shape index (κ2) is 6.92. The maximum Gasteiger partial charge on any atom is 0.175 e. The zero-order valence-corrected chi connectivity index (χ0v) is 11.0. The smallest absolute Gasteiger partial charge is 0.175 e. The van der Waals surface area contributed by atoms with Gasteiger partial charge in [-0.25, -0.2) is 0 Å². The van der Waals surface area contributed by atoms with E-state index in [1.54, 1.807) is 0 Å². The predicted molar refractivity (Wildman–Crippen MR) is 58.6 cm³/mol. The van der Waals surface area contributed by atoms with E-state index in [2.05, 4.69) is 31.9 Å². The van der Waals surface area contributed by atoms with E-state index >= 15 is 0 Å². The Hall–Kier alpha value is 0.550. The van der Waals surface area contributed by atoms with Crippen LogP contribution in [0.2, 0.25) is 0 Å². The van der Waals surface area contributed by atoms with E-state index in [-0.39, 0.29) is 11.6 Å². The molecule has 0 unspecified atom stereocenters. The molecule has 1 fully saturated rings. The number of ketones is 1. The molecule has 0 amide bonds. The minimum absolute atomic E-state index is 0.171. The Morgan fingerprint density at radius 2 is 1.77 bits per heavy atom. The van der Waals surface area contributed by atoms with Gasteiger partial charge in [0.05, 0.1) is 23.9 Å². The molecule has 0 aromatic heterocycles. The van der Waals surface area contributed by atoms with Crippen LogP contribution in [0.4, 0.5) is 0 Å². The fraction of sp³-hybridized carbons (Fsp3) is 0.875. The summed E-state index contributed by atoms with van der Waals surface area (Å²) >= 11 is 6.25. The van der Waals surface area contributed by atoms with Crippen LogP contribution in [0.5, 0.6) is 0 Å². The van der Waals surface area contributed by atoms with Crippen molar-refractivity contribution in [1.29, 1.82) is 0 Å². The van der Waals surface area contributed by atoms with Gasteiger partial charge in [-0.3, -0.25) is 4.79 Å². The average molecular weight is 318 g/mol. The van der Waals surface area contributed by atoms with Gasteiger partial charge >= 0.3 is 0 Å². The first-order chi connectivity index (χ1) is 6.04. The minimum Gasteiger partial charge on any atom is -0.347 e. The maximum absolute atomic E-state index is 9.77. The molecule has 0 aromatic carbocycles. The van der Waals surface area contributed by atoms with Crippen LogP contribution in [0.25, 0.3) is 0 Å². The molecular formula is C8H14Br2O3. The van der Waals surface area contributed by atoms with Gasteiger partial charge in [0.1, 0.15) is 5.78 Å². The van der Waals surface area contributed by atoms with E-state index in [4.69, 9.17) is 9.47 Å². The van der Waals surface area contributed by atoms with Crippen molar-refractivity contribution >= 4 is 37.6 Å². The van der Waals surface area contributed by atoms with Gasteiger partial charge in [-0.15, -0.1) is 0 Å². The summed E-state index contributed by atoms with van der Waals surface area (Å²) in [7, 11) is 0. The number of hydrogen-bond acceptors (Lipinski definition) is 3. The zero-order chi connectivity index (χ0) is 10.3. The first-order valence-electron chi connectivity index (χ1n) is 3.93. The molecule has 0 saturated carbocycles. The Labute approximate surface area is 95.4 Å². The second-order valence-corrected chi connectivity index (χ2v) is 3.92. The molecule has 0 N–H and O–H groups in total. The number of carbonyl (C=O) groups is 1. The largest absolute Gasteiger partial charge is 0.347 e. The molecule has 1 aliphatic heterocycles. The van der Waals surface area contributed by atoms with Gasteiger partial charge in [0, 0.05) is 0 Å². The summed E-state index contributed by atoms with van der Waals surface area (Å²) in [5.41, 5.74) is 0. The molecule has 78 valence electrons. The van der Waals surface area contributed by atoms with Crippen LogP contribution in [0.15, 0.2) is 0 Å². The minimum atomic E-state index is -0.347. The van der Waals surface area contributed by atoms with Gasteiger partial charge in [0.15, 0.2) is 5.79 Å². The zero-order valence-electron chi connectivity index (χ0n) is 7.81. The third-order valence-electron chi connectivity index (χ3n) is 1.33. The van der Waals surface area contributed by atoms with Crippen molar-refractivity contribution in [2.24, 2.45) is 0 Å². The lowest BCUT2D eigenvalue weighted by atomic mass is 10.4. The molecule has 5 heteroatoms. The van der Waals surface area contributed by atoms with Crippen molar-refractivity contribution in [3.63, 3.8) is 0 Å². The van der Waals surface area contributed by atoms with Gasteiger partial charge in [-0.2, -0.15) is 0 Å². The Bertz CT molecular complexity index is 155. The third-order valence-corrected chi connectivity index (χ3v) is 3.14. The highest BCUT2D eigenvalue weighted by Gasteiger charge is 2.28. The molecule has 13 heavy (non-hydrogen) atoms. The summed E-state index contributed by atoms with van der Waals surface area (Å²) in [6.07, 6.45) is 0. The number of ether oxygens (including phenoxy) is 2. The average Bonchev–Trinajstić information content (AvgIpc) is 2.54. The fourth-order valence-electron chi connectivity index (χ4n) is 0.634. The molecule has 1 heterocycles. The lowest BCUT2D eigenvalue weighted by molar-refractivity contribution is -0.120. The number of hydrogen-bond donors (Lipinski definition) is 0. The van der Waals surface area contributed by atoms with Gasteiger partial charge in [-0.1, -0.05) is 31.9 Å². The Balaban J connectivity index is 0.000000252. The lowest BCUT2D eigenvalue weighted by Crippen LogP contribution is -2.26. The van der Waals surface area contributed by atoms with Gasteiger partial charge in [0.25, 0.3) is 0 Å². The molecule has 0 spiro atoms.